The Bertz CT molecular complexity index is 858. The molecule has 7 nitrogen and oxygen atoms in total. The summed E-state index contributed by atoms with van der Waals surface area (Å²) in [4.78, 5) is 18.5. The highest BCUT2D eigenvalue weighted by atomic mass is 35.5. The van der Waals surface area contributed by atoms with Crippen molar-refractivity contribution in [2.45, 2.75) is 6.04 Å². The van der Waals surface area contributed by atoms with Gasteiger partial charge in [0.1, 0.15) is 13.2 Å². The minimum atomic E-state index is -0.122. The van der Waals surface area contributed by atoms with E-state index in [4.69, 9.17) is 25.8 Å². The van der Waals surface area contributed by atoms with E-state index >= 15 is 0 Å². The first kappa shape index (κ1) is 21.4. The standard InChI is InChI=1S/C21H26ClN3O4S/c1-24(13-17(20-3-2-10-30-20)25-4-6-27-7-5-25)14-21(26)23-16-12-19-18(11-15(16)22)28-8-9-29-19/h2-3,10-12,17H,4-9,13-14H2,1H3,(H,23,26)/t17-/m0/s1. The van der Waals surface area contributed by atoms with Gasteiger partial charge in [-0.1, -0.05) is 17.7 Å². The zero-order valence-corrected chi connectivity index (χ0v) is 18.5. The maximum Gasteiger partial charge on any atom is 0.238 e. The molecular weight excluding hydrogens is 426 g/mol. The van der Waals surface area contributed by atoms with Gasteiger partial charge >= 0.3 is 0 Å². The van der Waals surface area contributed by atoms with E-state index in [-0.39, 0.29) is 18.5 Å². The predicted octanol–water partition coefficient (Wildman–Crippen LogP) is 3.12. The third-order valence-electron chi connectivity index (χ3n) is 5.16. The third kappa shape index (κ3) is 5.25. The first-order valence-corrected chi connectivity index (χ1v) is 11.3. The molecule has 2 aromatic rings. The van der Waals surface area contributed by atoms with Crippen molar-refractivity contribution >= 4 is 34.5 Å². The second-order valence-corrected chi connectivity index (χ2v) is 8.79. The van der Waals surface area contributed by atoms with E-state index in [0.29, 0.717) is 35.4 Å². The number of carbonyl (C=O) groups excluding carboxylic acids is 1. The van der Waals surface area contributed by atoms with Crippen LogP contribution in [-0.2, 0) is 9.53 Å². The van der Waals surface area contributed by atoms with Gasteiger partial charge in [0.05, 0.1) is 36.5 Å². The lowest BCUT2D eigenvalue weighted by Crippen LogP contribution is -2.44. The van der Waals surface area contributed by atoms with E-state index in [2.05, 4.69) is 27.7 Å². The number of anilines is 1. The molecule has 1 saturated heterocycles. The molecule has 30 heavy (non-hydrogen) atoms. The van der Waals surface area contributed by atoms with Crippen LogP contribution in [0.25, 0.3) is 0 Å². The van der Waals surface area contributed by atoms with Gasteiger partial charge in [-0.2, -0.15) is 0 Å². The Morgan fingerprint density at radius 3 is 2.67 bits per heavy atom. The van der Waals surface area contributed by atoms with E-state index in [1.165, 1.54) is 4.88 Å². The second kappa shape index (κ2) is 9.98. The number of fused-ring (bicyclic) bond motifs is 1. The summed E-state index contributed by atoms with van der Waals surface area (Å²) in [6.07, 6.45) is 0. The van der Waals surface area contributed by atoms with Crippen LogP contribution in [0.1, 0.15) is 10.9 Å². The van der Waals surface area contributed by atoms with Gasteiger partial charge in [0.2, 0.25) is 5.91 Å². The molecule has 2 aliphatic rings. The summed E-state index contributed by atoms with van der Waals surface area (Å²) in [6.45, 7) is 5.28. The molecule has 1 N–H and O–H groups in total. The van der Waals surface area contributed by atoms with Crippen molar-refractivity contribution in [3.8, 4) is 11.5 Å². The summed E-state index contributed by atoms with van der Waals surface area (Å²) >= 11 is 8.06. The molecule has 1 aromatic heterocycles. The zero-order valence-electron chi connectivity index (χ0n) is 16.9. The number of nitrogens with zero attached hydrogens (tertiary/aromatic N) is 2. The fourth-order valence-electron chi connectivity index (χ4n) is 3.71. The van der Waals surface area contributed by atoms with E-state index in [1.54, 1.807) is 23.5 Å². The highest BCUT2D eigenvalue weighted by Gasteiger charge is 2.25. The molecule has 0 bridgehead atoms. The van der Waals surface area contributed by atoms with Gasteiger partial charge in [-0.05, 0) is 18.5 Å². The van der Waals surface area contributed by atoms with Gasteiger partial charge in [0, 0.05) is 36.6 Å². The average Bonchev–Trinajstić information content (AvgIpc) is 3.28. The highest BCUT2D eigenvalue weighted by molar-refractivity contribution is 7.10. The summed E-state index contributed by atoms with van der Waals surface area (Å²) in [5.41, 5.74) is 0.530. The summed E-state index contributed by atoms with van der Waals surface area (Å²) in [7, 11) is 1.96. The van der Waals surface area contributed by atoms with Gasteiger partial charge in [-0.15, -0.1) is 11.3 Å². The van der Waals surface area contributed by atoms with Gasteiger partial charge in [0.15, 0.2) is 11.5 Å². The SMILES string of the molecule is CN(CC(=O)Nc1cc2c(cc1Cl)OCCO2)C[C@@H](c1cccs1)N1CCOCC1. The lowest BCUT2D eigenvalue weighted by Gasteiger charge is -2.36. The van der Waals surface area contributed by atoms with Crippen molar-refractivity contribution in [2.75, 3.05) is 65.0 Å². The van der Waals surface area contributed by atoms with Gasteiger partial charge < -0.3 is 19.5 Å². The topological polar surface area (TPSA) is 63.3 Å². The minimum Gasteiger partial charge on any atom is -0.486 e. The Kier molecular flexibility index (Phi) is 7.12. The summed E-state index contributed by atoms with van der Waals surface area (Å²) in [5.74, 6) is 1.08. The summed E-state index contributed by atoms with van der Waals surface area (Å²) < 4.78 is 16.6. The minimum absolute atomic E-state index is 0.122. The van der Waals surface area contributed by atoms with Gasteiger partial charge in [0.25, 0.3) is 0 Å². The second-order valence-electron chi connectivity index (χ2n) is 7.40. The van der Waals surface area contributed by atoms with Crippen LogP contribution in [0, 0.1) is 0 Å². The van der Waals surface area contributed by atoms with E-state index in [0.717, 1.165) is 32.8 Å². The van der Waals surface area contributed by atoms with E-state index in [9.17, 15) is 4.79 Å². The number of nitrogens with one attached hydrogen (secondary N) is 1. The Morgan fingerprint density at radius 1 is 1.23 bits per heavy atom. The first-order chi connectivity index (χ1) is 14.6. The molecule has 0 radical (unpaired) electrons. The van der Waals surface area contributed by atoms with Crippen LogP contribution in [-0.4, -0.2) is 75.4 Å². The van der Waals surface area contributed by atoms with Crippen LogP contribution in [0.5, 0.6) is 11.5 Å². The molecular formula is C21H26ClN3O4S. The van der Waals surface area contributed by atoms with Crippen LogP contribution in [0.3, 0.4) is 0 Å². The Balaban J connectivity index is 1.38. The van der Waals surface area contributed by atoms with Crippen molar-refractivity contribution in [1.29, 1.82) is 0 Å². The van der Waals surface area contributed by atoms with Crippen LogP contribution in [0.2, 0.25) is 5.02 Å². The van der Waals surface area contributed by atoms with Crippen molar-refractivity contribution in [2.24, 2.45) is 0 Å². The number of morpholine rings is 1. The number of hydrogen-bond donors (Lipinski definition) is 1. The number of ether oxygens (including phenoxy) is 3. The van der Waals surface area contributed by atoms with Crippen LogP contribution < -0.4 is 14.8 Å². The number of likely N-dealkylation sites (N-methyl/N-ethyl adjacent to an activating group) is 1. The molecule has 0 aliphatic carbocycles. The number of rotatable bonds is 7. The first-order valence-electron chi connectivity index (χ1n) is 10.0. The number of benzene rings is 1. The molecule has 1 fully saturated rings. The molecule has 0 spiro atoms. The van der Waals surface area contributed by atoms with Gasteiger partial charge in [-0.25, -0.2) is 0 Å². The fraction of sp³-hybridized carbons (Fsp3) is 0.476. The number of halogens is 1. The Hall–Kier alpha value is -1.84. The molecule has 1 amide bonds. The van der Waals surface area contributed by atoms with Crippen molar-refractivity contribution in [3.05, 3.63) is 39.5 Å². The van der Waals surface area contributed by atoms with Crippen molar-refractivity contribution < 1.29 is 19.0 Å². The maximum absolute atomic E-state index is 12.7. The molecule has 1 atom stereocenters. The van der Waals surface area contributed by atoms with E-state index in [1.807, 2.05) is 11.9 Å². The van der Waals surface area contributed by atoms with E-state index < -0.39 is 0 Å². The van der Waals surface area contributed by atoms with Crippen molar-refractivity contribution in [3.63, 3.8) is 0 Å². The Morgan fingerprint density at radius 2 is 1.97 bits per heavy atom. The number of hydrogen-bond acceptors (Lipinski definition) is 7. The Labute approximate surface area is 185 Å². The molecule has 1 aromatic carbocycles. The van der Waals surface area contributed by atoms with Crippen LogP contribution in [0.4, 0.5) is 5.69 Å². The monoisotopic (exact) mass is 451 g/mol. The lowest BCUT2D eigenvalue weighted by atomic mass is 10.1. The molecule has 9 heteroatoms. The average molecular weight is 452 g/mol. The predicted molar refractivity (Wildman–Crippen MR) is 118 cm³/mol. The molecule has 2 aliphatic heterocycles. The van der Waals surface area contributed by atoms with Crippen LogP contribution in [0.15, 0.2) is 29.6 Å². The lowest BCUT2D eigenvalue weighted by molar-refractivity contribution is -0.117. The van der Waals surface area contributed by atoms with Gasteiger partial charge in [-0.3, -0.25) is 14.6 Å². The quantitative estimate of drug-likeness (QED) is 0.697. The maximum atomic E-state index is 12.7. The highest BCUT2D eigenvalue weighted by Crippen LogP contribution is 2.38. The van der Waals surface area contributed by atoms with Crippen LogP contribution >= 0.6 is 22.9 Å². The smallest absolute Gasteiger partial charge is 0.238 e. The molecule has 162 valence electrons. The number of amides is 1. The van der Waals surface area contributed by atoms with Crippen molar-refractivity contribution in [1.82, 2.24) is 9.80 Å². The summed E-state index contributed by atoms with van der Waals surface area (Å²) in [6, 6.07) is 7.87. The number of carbonyl (C=O) groups is 1. The zero-order chi connectivity index (χ0) is 20.9. The fourth-order valence-corrected chi connectivity index (χ4v) is 4.76. The third-order valence-corrected chi connectivity index (χ3v) is 6.45. The normalized spacial score (nSPS) is 17.7. The molecule has 3 heterocycles. The molecule has 0 unspecified atom stereocenters. The molecule has 4 rings (SSSR count). The molecule has 0 saturated carbocycles. The largest absolute Gasteiger partial charge is 0.486 e. The summed E-state index contributed by atoms with van der Waals surface area (Å²) in [5, 5.41) is 5.43. The number of thiophene rings is 1.